The number of benzene rings is 2. The Morgan fingerprint density at radius 2 is 1.00 bits per heavy atom. The average molecular weight is 476 g/mol. The van der Waals surface area contributed by atoms with E-state index < -0.39 is 53.1 Å². The molecule has 0 spiro atoms. The fourth-order valence-corrected chi connectivity index (χ4v) is 3.88. The molecular formula is C16H14Li2O12S2. The standard InChI is InChI=1S/2C8H8O6S.2Li/c2*1-14-6-4-2-3-5(8(9)10)7(6)15(11,12)13;;/h2*2-4H,1H3,(H,9,10)(H,11,12,13);;/q;;2*+1/p-2. The third-order valence-electron chi connectivity index (χ3n) is 3.35. The molecule has 0 aliphatic carbocycles. The number of methoxy groups -OCH3 is 2. The number of carbonyl (C=O) groups excluding carboxylic acids is 2. The Balaban J connectivity index is 0. The number of rotatable bonds is 6. The molecular weight excluding hydrogens is 462 g/mol. The molecule has 0 radical (unpaired) electrons. The Labute approximate surface area is 207 Å². The summed E-state index contributed by atoms with van der Waals surface area (Å²) in [6.45, 7) is 0. The minimum Gasteiger partial charge on any atom is -0.545 e. The van der Waals surface area contributed by atoms with E-state index in [-0.39, 0.29) is 49.2 Å². The largest absolute Gasteiger partial charge is 1.00 e. The fraction of sp³-hybridized carbons (Fsp3) is 0.125. The van der Waals surface area contributed by atoms with Gasteiger partial charge < -0.3 is 29.3 Å². The third kappa shape index (κ3) is 8.16. The van der Waals surface area contributed by atoms with Crippen LogP contribution in [0.2, 0.25) is 0 Å². The van der Waals surface area contributed by atoms with E-state index in [1.54, 1.807) is 0 Å². The number of hydrogen-bond acceptors (Lipinski definition) is 10. The number of hydrogen-bond donors (Lipinski definition) is 2. The van der Waals surface area contributed by atoms with Crippen LogP contribution in [0, 0.1) is 0 Å². The molecule has 2 aromatic carbocycles. The van der Waals surface area contributed by atoms with Crippen molar-refractivity contribution in [1.82, 2.24) is 0 Å². The van der Waals surface area contributed by atoms with Crippen LogP contribution < -0.4 is 57.4 Å². The summed E-state index contributed by atoms with van der Waals surface area (Å²) in [5.41, 5.74) is -1.28. The number of carboxylic acid groups (broad SMARTS) is 2. The zero-order chi connectivity index (χ0) is 23.3. The van der Waals surface area contributed by atoms with E-state index in [9.17, 15) is 36.6 Å². The van der Waals surface area contributed by atoms with Gasteiger partial charge in [0.25, 0.3) is 20.2 Å². The second-order valence-corrected chi connectivity index (χ2v) is 7.92. The molecule has 2 N–H and O–H groups in total. The SMILES string of the molecule is COc1cccc(C(=O)[O-])c1S(=O)(=O)O.COc1cccc(C(=O)[O-])c1S(=O)(=O)O.[Li+].[Li+]. The zero-order valence-electron chi connectivity index (χ0n) is 17.3. The number of carboxylic acids is 2. The first-order chi connectivity index (χ1) is 13.8. The van der Waals surface area contributed by atoms with Crippen LogP contribution >= 0.6 is 0 Å². The minimum atomic E-state index is -4.67. The van der Waals surface area contributed by atoms with E-state index in [1.807, 2.05) is 0 Å². The molecule has 32 heavy (non-hydrogen) atoms. The Hall–Kier alpha value is -2.01. The monoisotopic (exact) mass is 476 g/mol. The molecule has 16 heteroatoms. The average Bonchev–Trinajstić information content (AvgIpc) is 2.65. The Morgan fingerprint density at radius 3 is 1.19 bits per heavy atom. The summed E-state index contributed by atoms with van der Waals surface area (Å²) >= 11 is 0. The van der Waals surface area contributed by atoms with Crippen molar-refractivity contribution in [1.29, 1.82) is 0 Å². The van der Waals surface area contributed by atoms with Crippen LogP contribution in [0.1, 0.15) is 20.7 Å². The van der Waals surface area contributed by atoms with Gasteiger partial charge in [0.15, 0.2) is 0 Å². The Morgan fingerprint density at radius 1 is 0.719 bits per heavy atom. The van der Waals surface area contributed by atoms with Crippen molar-refractivity contribution in [3.8, 4) is 11.5 Å². The molecule has 0 saturated carbocycles. The van der Waals surface area contributed by atoms with Crippen LogP contribution in [-0.4, -0.2) is 52.1 Å². The van der Waals surface area contributed by atoms with E-state index >= 15 is 0 Å². The maximum absolute atomic E-state index is 10.9. The molecule has 164 valence electrons. The number of aromatic carboxylic acids is 2. The van der Waals surface area contributed by atoms with Crippen molar-refractivity contribution >= 4 is 32.2 Å². The van der Waals surface area contributed by atoms with Gasteiger partial charge in [0.1, 0.15) is 21.3 Å². The molecule has 0 atom stereocenters. The summed E-state index contributed by atoms with van der Waals surface area (Å²) in [7, 11) is -7.02. The molecule has 0 unspecified atom stereocenters. The third-order valence-corrected chi connectivity index (χ3v) is 5.23. The van der Waals surface area contributed by atoms with Crippen LogP contribution in [-0.2, 0) is 20.2 Å². The van der Waals surface area contributed by atoms with E-state index in [0.29, 0.717) is 0 Å². The summed E-state index contributed by atoms with van der Waals surface area (Å²) in [4.78, 5) is 19.6. The van der Waals surface area contributed by atoms with Crippen molar-refractivity contribution in [3.05, 3.63) is 47.5 Å². The summed E-state index contributed by atoms with van der Waals surface area (Å²) in [5, 5.41) is 21.2. The first kappa shape index (κ1) is 32.2. The van der Waals surface area contributed by atoms with Gasteiger partial charge in [-0.05, 0) is 12.1 Å². The second kappa shape index (κ2) is 12.9. The van der Waals surface area contributed by atoms with Gasteiger partial charge in [0.2, 0.25) is 0 Å². The topological polar surface area (TPSA) is 207 Å². The van der Waals surface area contributed by atoms with Crippen LogP contribution in [0.15, 0.2) is 46.2 Å². The molecule has 0 saturated heterocycles. The van der Waals surface area contributed by atoms with E-state index in [1.165, 1.54) is 24.3 Å². The molecule has 0 aliphatic rings. The maximum Gasteiger partial charge on any atom is 1.00 e. The van der Waals surface area contributed by atoms with Crippen molar-refractivity contribution in [3.63, 3.8) is 0 Å². The molecule has 0 aromatic heterocycles. The number of ether oxygens (including phenoxy) is 2. The fourth-order valence-electron chi connectivity index (χ4n) is 2.21. The molecule has 0 heterocycles. The summed E-state index contributed by atoms with van der Waals surface area (Å²) < 4.78 is 70.6. The van der Waals surface area contributed by atoms with Gasteiger partial charge >= 0.3 is 37.7 Å². The summed E-state index contributed by atoms with van der Waals surface area (Å²) in [5.74, 6) is -3.92. The van der Waals surface area contributed by atoms with Crippen LogP contribution in [0.25, 0.3) is 0 Å². The Bertz CT molecular complexity index is 1080. The molecule has 0 bridgehead atoms. The molecule has 12 nitrogen and oxygen atoms in total. The predicted octanol–water partition coefficient (Wildman–Crippen LogP) is -7.38. The summed E-state index contributed by atoms with van der Waals surface area (Å²) in [6, 6.07) is 6.99. The van der Waals surface area contributed by atoms with Crippen molar-refractivity contribution in [2.24, 2.45) is 0 Å². The normalized spacial score (nSPS) is 10.4. The van der Waals surface area contributed by atoms with Gasteiger partial charge in [0.05, 0.1) is 26.2 Å². The number of carbonyl (C=O) groups is 2. The molecule has 0 fully saturated rings. The van der Waals surface area contributed by atoms with Gasteiger partial charge in [-0.15, -0.1) is 0 Å². The van der Waals surface area contributed by atoms with Crippen LogP contribution in [0.3, 0.4) is 0 Å². The predicted molar refractivity (Wildman–Crippen MR) is 94.3 cm³/mol. The van der Waals surface area contributed by atoms with E-state index in [2.05, 4.69) is 9.47 Å². The van der Waals surface area contributed by atoms with Gasteiger partial charge in [-0.2, -0.15) is 16.8 Å². The molecule has 2 rings (SSSR count). The molecule has 2 aromatic rings. The summed E-state index contributed by atoms with van der Waals surface area (Å²) in [6.07, 6.45) is 0. The van der Waals surface area contributed by atoms with Crippen LogP contribution in [0.4, 0.5) is 0 Å². The van der Waals surface area contributed by atoms with Crippen LogP contribution in [0.5, 0.6) is 11.5 Å². The quantitative estimate of drug-likeness (QED) is 0.294. The van der Waals surface area contributed by atoms with Crippen molar-refractivity contribution < 1.29 is 92.9 Å². The molecule has 0 aliphatic heterocycles. The first-order valence-electron chi connectivity index (χ1n) is 7.47. The van der Waals surface area contributed by atoms with Gasteiger partial charge in [-0.1, -0.05) is 24.3 Å². The van der Waals surface area contributed by atoms with E-state index in [4.69, 9.17) is 9.11 Å². The molecule has 0 amide bonds. The first-order valence-corrected chi connectivity index (χ1v) is 10.3. The van der Waals surface area contributed by atoms with Gasteiger partial charge in [-0.25, -0.2) is 0 Å². The maximum atomic E-state index is 10.9. The van der Waals surface area contributed by atoms with Crippen molar-refractivity contribution in [2.45, 2.75) is 9.79 Å². The minimum absolute atomic E-state index is 0. The van der Waals surface area contributed by atoms with E-state index in [0.717, 1.165) is 26.4 Å². The van der Waals surface area contributed by atoms with Gasteiger partial charge in [-0.3, -0.25) is 9.11 Å². The smallest absolute Gasteiger partial charge is 0.545 e. The van der Waals surface area contributed by atoms with Gasteiger partial charge in [0, 0.05) is 11.1 Å². The Kier molecular flexibility index (Phi) is 13.0. The van der Waals surface area contributed by atoms with Crippen molar-refractivity contribution in [2.75, 3.05) is 14.2 Å². The second-order valence-electron chi connectivity index (χ2n) is 5.20. The zero-order valence-corrected chi connectivity index (χ0v) is 18.9.